The number of benzene rings is 1. The Morgan fingerprint density at radius 1 is 1.29 bits per heavy atom. The van der Waals surface area contributed by atoms with Crippen LogP contribution in [0.3, 0.4) is 0 Å². The Bertz CT molecular complexity index is 843. The van der Waals surface area contributed by atoms with E-state index in [0.29, 0.717) is 11.7 Å². The Labute approximate surface area is 143 Å². The molecule has 0 saturated heterocycles. The molecule has 0 radical (unpaired) electrons. The van der Waals surface area contributed by atoms with Gasteiger partial charge in [0.15, 0.2) is 5.13 Å². The highest BCUT2D eigenvalue weighted by Gasteiger charge is 2.30. The normalized spacial score (nSPS) is 15.2. The Kier molecular flexibility index (Phi) is 3.87. The minimum absolute atomic E-state index is 0.0330. The number of rotatable bonds is 4. The van der Waals surface area contributed by atoms with Gasteiger partial charge in [0.1, 0.15) is 0 Å². The average molecular weight is 339 g/mol. The van der Waals surface area contributed by atoms with Crippen molar-refractivity contribution in [2.75, 3.05) is 5.32 Å². The van der Waals surface area contributed by atoms with E-state index in [1.165, 1.54) is 16.9 Å². The molecule has 24 heavy (non-hydrogen) atoms. The molecule has 0 fully saturated rings. The van der Waals surface area contributed by atoms with E-state index in [1.54, 1.807) is 6.20 Å². The maximum Gasteiger partial charge on any atom is 0.243 e. The number of carbonyl (C=O) groups is 1. The molecule has 122 valence electrons. The molecular weight excluding hydrogens is 322 g/mol. The van der Waals surface area contributed by atoms with Crippen molar-refractivity contribution < 1.29 is 4.79 Å². The number of thiazole rings is 1. The molecule has 0 aliphatic carbocycles. The van der Waals surface area contributed by atoms with Crippen LogP contribution in [0.25, 0.3) is 5.69 Å². The fourth-order valence-corrected chi connectivity index (χ4v) is 3.43. The van der Waals surface area contributed by atoms with Crippen molar-refractivity contribution in [3.8, 4) is 5.69 Å². The van der Waals surface area contributed by atoms with Gasteiger partial charge in [0.05, 0.1) is 23.6 Å². The zero-order chi connectivity index (χ0) is 16.5. The van der Waals surface area contributed by atoms with Gasteiger partial charge in [-0.05, 0) is 19.1 Å². The highest BCUT2D eigenvalue weighted by molar-refractivity contribution is 7.13. The minimum Gasteiger partial charge on any atom is -0.301 e. The van der Waals surface area contributed by atoms with Gasteiger partial charge in [-0.1, -0.05) is 18.2 Å². The summed E-state index contributed by atoms with van der Waals surface area (Å²) in [5.41, 5.74) is 3.36. The summed E-state index contributed by atoms with van der Waals surface area (Å²) in [6, 6.07) is 9.83. The molecule has 3 aromatic rings. The van der Waals surface area contributed by atoms with Crippen LogP contribution >= 0.6 is 11.3 Å². The van der Waals surface area contributed by atoms with E-state index in [0.717, 1.165) is 17.9 Å². The summed E-state index contributed by atoms with van der Waals surface area (Å²) < 4.78 is 1.96. The summed E-state index contributed by atoms with van der Waals surface area (Å²) in [5, 5.41) is 9.84. The number of nitrogens with one attached hydrogen (secondary N) is 1. The van der Waals surface area contributed by atoms with Gasteiger partial charge in [0, 0.05) is 30.2 Å². The molecule has 4 rings (SSSR count). The van der Waals surface area contributed by atoms with Crippen LogP contribution in [0.2, 0.25) is 0 Å². The summed E-state index contributed by atoms with van der Waals surface area (Å²) in [6.07, 6.45) is 3.58. The molecule has 1 amide bonds. The minimum atomic E-state index is -0.231. The van der Waals surface area contributed by atoms with Gasteiger partial charge in [-0.25, -0.2) is 9.67 Å². The fraction of sp³-hybridized carbons (Fsp3) is 0.235. The average Bonchev–Trinajstić information content (AvgIpc) is 3.31. The van der Waals surface area contributed by atoms with Crippen molar-refractivity contribution in [1.29, 1.82) is 0 Å². The molecule has 1 aliphatic heterocycles. The molecule has 0 spiro atoms. The Morgan fingerprint density at radius 2 is 2.12 bits per heavy atom. The molecule has 0 bridgehead atoms. The Hall–Kier alpha value is -2.51. The molecule has 6 nitrogen and oxygen atoms in total. The van der Waals surface area contributed by atoms with Crippen LogP contribution in [-0.2, 0) is 17.9 Å². The number of para-hydroxylation sites is 1. The van der Waals surface area contributed by atoms with Crippen molar-refractivity contribution >= 4 is 22.4 Å². The van der Waals surface area contributed by atoms with Crippen molar-refractivity contribution in [2.24, 2.45) is 0 Å². The van der Waals surface area contributed by atoms with Crippen molar-refractivity contribution in [1.82, 2.24) is 19.7 Å². The molecule has 2 aromatic heterocycles. The molecule has 1 N–H and O–H groups in total. The first-order valence-electron chi connectivity index (χ1n) is 7.78. The van der Waals surface area contributed by atoms with Crippen molar-refractivity contribution in [3.05, 3.63) is 59.4 Å². The summed E-state index contributed by atoms with van der Waals surface area (Å²) >= 11 is 1.42. The van der Waals surface area contributed by atoms with E-state index in [-0.39, 0.29) is 11.9 Å². The lowest BCUT2D eigenvalue weighted by Gasteiger charge is -2.22. The lowest BCUT2D eigenvalue weighted by molar-refractivity contribution is -0.121. The van der Waals surface area contributed by atoms with E-state index in [2.05, 4.69) is 20.3 Å². The highest BCUT2D eigenvalue weighted by atomic mass is 32.1. The molecule has 1 atom stereocenters. The third kappa shape index (κ3) is 2.72. The Morgan fingerprint density at radius 3 is 2.88 bits per heavy atom. The monoisotopic (exact) mass is 339 g/mol. The lowest BCUT2D eigenvalue weighted by Crippen LogP contribution is -2.39. The second kappa shape index (κ2) is 6.18. The van der Waals surface area contributed by atoms with Crippen LogP contribution in [0.1, 0.15) is 18.2 Å². The topological polar surface area (TPSA) is 63.1 Å². The molecule has 3 heterocycles. The van der Waals surface area contributed by atoms with Gasteiger partial charge in [-0.3, -0.25) is 9.69 Å². The van der Waals surface area contributed by atoms with E-state index < -0.39 is 0 Å². The lowest BCUT2D eigenvalue weighted by atomic mass is 10.3. The van der Waals surface area contributed by atoms with E-state index in [9.17, 15) is 4.79 Å². The molecule has 1 aliphatic rings. The number of anilines is 1. The van der Waals surface area contributed by atoms with Gasteiger partial charge in [0.2, 0.25) is 5.91 Å². The number of carbonyl (C=O) groups excluding carboxylic acids is 1. The van der Waals surface area contributed by atoms with Crippen LogP contribution in [0, 0.1) is 0 Å². The molecule has 0 saturated carbocycles. The molecular formula is C17H17N5OS. The highest BCUT2D eigenvalue weighted by Crippen LogP contribution is 2.27. The predicted molar refractivity (Wildman–Crippen MR) is 93.0 cm³/mol. The first-order valence-corrected chi connectivity index (χ1v) is 8.66. The largest absolute Gasteiger partial charge is 0.301 e. The number of amides is 1. The Balaban J connectivity index is 1.49. The smallest absolute Gasteiger partial charge is 0.243 e. The van der Waals surface area contributed by atoms with Crippen LogP contribution in [0.15, 0.2) is 48.1 Å². The van der Waals surface area contributed by atoms with Gasteiger partial charge >= 0.3 is 0 Å². The standard InChI is InChI=1S/C17H17N5OS/c1-12(16(23)20-17-18-7-8-24-17)21-10-13-9-19-22(15(13)11-21)14-5-3-2-4-6-14/h2-9,12H,10-11H2,1H3,(H,18,20,23). The maximum absolute atomic E-state index is 12.4. The predicted octanol–water partition coefficient (Wildman–Crippen LogP) is 2.67. The molecule has 1 aromatic carbocycles. The third-order valence-corrected chi connectivity index (χ3v) is 4.96. The summed E-state index contributed by atoms with van der Waals surface area (Å²) in [6.45, 7) is 3.36. The zero-order valence-electron chi connectivity index (χ0n) is 13.2. The van der Waals surface area contributed by atoms with Gasteiger partial charge in [0.25, 0.3) is 0 Å². The summed E-state index contributed by atoms with van der Waals surface area (Å²) in [7, 11) is 0. The first-order chi connectivity index (χ1) is 11.7. The molecule has 1 unspecified atom stereocenters. The number of aromatic nitrogens is 3. The van der Waals surface area contributed by atoms with Crippen LogP contribution in [0.4, 0.5) is 5.13 Å². The quantitative estimate of drug-likeness (QED) is 0.794. The summed E-state index contributed by atoms with van der Waals surface area (Å²) in [4.78, 5) is 18.7. The van der Waals surface area contributed by atoms with Crippen molar-refractivity contribution in [3.63, 3.8) is 0 Å². The van der Waals surface area contributed by atoms with E-state index in [4.69, 9.17) is 0 Å². The van der Waals surface area contributed by atoms with Gasteiger partial charge in [-0.15, -0.1) is 11.3 Å². The number of hydrogen-bond donors (Lipinski definition) is 1. The first kappa shape index (κ1) is 15.0. The van der Waals surface area contributed by atoms with Crippen LogP contribution in [0.5, 0.6) is 0 Å². The van der Waals surface area contributed by atoms with Gasteiger partial charge in [-0.2, -0.15) is 5.10 Å². The van der Waals surface area contributed by atoms with Crippen LogP contribution in [-0.4, -0.2) is 31.6 Å². The SMILES string of the molecule is CC(C(=O)Nc1nccs1)N1Cc2cnn(-c3ccccc3)c2C1. The summed E-state index contributed by atoms with van der Waals surface area (Å²) in [5.74, 6) is -0.0330. The second-order valence-electron chi connectivity index (χ2n) is 5.77. The number of nitrogens with zero attached hydrogens (tertiary/aromatic N) is 4. The molecule has 7 heteroatoms. The van der Waals surface area contributed by atoms with Crippen LogP contribution < -0.4 is 5.32 Å². The van der Waals surface area contributed by atoms with Crippen molar-refractivity contribution in [2.45, 2.75) is 26.1 Å². The second-order valence-corrected chi connectivity index (χ2v) is 6.67. The fourth-order valence-electron chi connectivity index (χ4n) is 2.90. The number of fused-ring (bicyclic) bond motifs is 1. The zero-order valence-corrected chi connectivity index (χ0v) is 14.0. The van der Waals surface area contributed by atoms with E-state index >= 15 is 0 Å². The number of hydrogen-bond acceptors (Lipinski definition) is 5. The third-order valence-electron chi connectivity index (χ3n) is 4.27. The maximum atomic E-state index is 12.4. The van der Waals surface area contributed by atoms with Gasteiger partial charge < -0.3 is 5.32 Å². The van der Waals surface area contributed by atoms with E-state index in [1.807, 2.05) is 53.5 Å².